The zero-order valence-corrected chi connectivity index (χ0v) is 44.1. The first kappa shape index (κ1) is 67.3. The molecule has 6 heterocycles. The molecule has 0 aliphatic carbocycles. The monoisotopic (exact) mass is 1190 g/mol. The number of carbonyl (C=O) groups is 1. The number of likely N-dealkylation sites (tertiary alicyclic amines) is 2. The van der Waals surface area contributed by atoms with Crippen molar-refractivity contribution in [1.29, 1.82) is 0 Å². The van der Waals surface area contributed by atoms with Crippen molar-refractivity contribution in [2.45, 2.75) is 111 Å². The zero-order valence-electron chi connectivity index (χ0n) is 41.7. The number of rotatable bonds is 15. The Morgan fingerprint density at radius 2 is 1.23 bits per heavy atom. The summed E-state index contributed by atoms with van der Waals surface area (Å²) in [6.45, 7) is -0.236. The topological polar surface area (TPSA) is 497 Å². The Morgan fingerprint density at radius 3 is 1.69 bits per heavy atom. The maximum Gasteiger partial charge on any atom is 0.400 e. The third-order valence-corrected chi connectivity index (χ3v) is 14.5. The van der Waals surface area contributed by atoms with Gasteiger partial charge in [0.2, 0.25) is 0 Å². The van der Waals surface area contributed by atoms with Crippen LogP contribution in [0.1, 0.15) is 30.6 Å². The normalized spacial score (nSPS) is 35.1. The van der Waals surface area contributed by atoms with Crippen LogP contribution in [0.3, 0.4) is 0 Å². The van der Waals surface area contributed by atoms with Crippen LogP contribution in [0, 0.1) is 0 Å². The van der Waals surface area contributed by atoms with Crippen molar-refractivity contribution in [1.82, 2.24) is 5.32 Å². The van der Waals surface area contributed by atoms with Crippen molar-refractivity contribution in [3.05, 3.63) is 71.8 Å². The van der Waals surface area contributed by atoms with Crippen LogP contribution in [0.15, 0.2) is 60.7 Å². The first-order chi connectivity index (χ1) is 36.6. The number of carboxylic acid groups (broad SMARTS) is 1. The van der Waals surface area contributed by atoms with Crippen molar-refractivity contribution < 1.29 is 146 Å². The van der Waals surface area contributed by atoms with E-state index in [0.717, 1.165) is 18.1 Å². The highest BCUT2D eigenvalue weighted by atomic mass is 32.3. The quantitative estimate of drug-likeness (QED) is 0.0736. The van der Waals surface area contributed by atoms with Gasteiger partial charge in [0, 0.05) is 24.6 Å². The van der Waals surface area contributed by atoms with Crippen molar-refractivity contribution in [2.75, 3.05) is 79.0 Å². The predicted molar refractivity (Wildman–Crippen MR) is 257 cm³/mol. The molecule has 17 N–H and O–H groups in total. The minimum atomic E-state index is -4.83. The zero-order chi connectivity index (χ0) is 58.1. The number of aliphatic hydroxyl groups is 11. The number of fused-ring (bicyclic) bond motifs is 1. The summed E-state index contributed by atoms with van der Waals surface area (Å²) in [5.74, 6) is -0.833. The van der Waals surface area contributed by atoms with Gasteiger partial charge >= 0.3 is 31.2 Å². The molecule has 2 aromatic carbocycles. The minimum Gasteiger partial charge on any atom is -0.481 e. The van der Waals surface area contributed by atoms with Gasteiger partial charge in [0.1, 0.15) is 99.3 Å². The van der Waals surface area contributed by atoms with Crippen molar-refractivity contribution >= 4 is 37.2 Å². The molecule has 6 fully saturated rings. The van der Waals surface area contributed by atoms with E-state index in [2.05, 4.69) is 17.9 Å². The lowest BCUT2D eigenvalue weighted by atomic mass is 10.1. The highest BCUT2D eigenvalue weighted by Crippen LogP contribution is 2.31. The molecule has 0 amide bonds. The minimum absolute atomic E-state index is 0.0352. The fraction of sp³-hybridized carbons (Fsp3) is 0.698. The highest BCUT2D eigenvalue weighted by Gasteiger charge is 2.48. The third kappa shape index (κ3) is 21.3. The number of hydrogen-bond acceptors (Lipinski definition) is 27. The summed E-state index contributed by atoms with van der Waals surface area (Å²) in [6.07, 6.45) is -13.2. The molecular formula is C43H71N3O29S3+2. The Hall–Kier alpha value is -3.20. The van der Waals surface area contributed by atoms with Gasteiger partial charge in [-0.2, -0.15) is 25.3 Å². The number of quaternary nitrogens is 2. The Bertz CT molecular complexity index is 2420. The second kappa shape index (κ2) is 31.3. The van der Waals surface area contributed by atoms with Gasteiger partial charge in [-0.3, -0.25) is 13.9 Å². The van der Waals surface area contributed by atoms with Gasteiger partial charge < -0.3 is 95.3 Å². The molecule has 5 unspecified atom stereocenters. The summed E-state index contributed by atoms with van der Waals surface area (Å²) in [7, 11) is -13.5. The summed E-state index contributed by atoms with van der Waals surface area (Å²) >= 11 is 0. The number of benzene rings is 2. The fourth-order valence-electron chi connectivity index (χ4n) is 8.74. The Balaban J connectivity index is 0.000000230. The molecule has 32 nitrogen and oxygen atoms in total. The van der Waals surface area contributed by atoms with E-state index in [4.69, 9.17) is 67.7 Å². The molecule has 2 aromatic rings. The summed E-state index contributed by atoms with van der Waals surface area (Å²) in [6, 6.07) is 16.7. The Labute approximate surface area is 448 Å². The average molecular weight is 1190 g/mol. The summed E-state index contributed by atoms with van der Waals surface area (Å²) in [4.78, 5) is 10.1. The second-order valence-corrected chi connectivity index (χ2v) is 21.6. The predicted octanol–water partition coefficient (Wildman–Crippen LogP) is -9.70. The summed E-state index contributed by atoms with van der Waals surface area (Å²) < 4.78 is 124. The van der Waals surface area contributed by atoms with Crippen molar-refractivity contribution in [3.8, 4) is 0 Å². The lowest BCUT2D eigenvalue weighted by Crippen LogP contribution is -3.16. The number of nitrogens with one attached hydrogen (secondary N) is 3. The molecule has 0 radical (unpaired) electrons. The van der Waals surface area contributed by atoms with Gasteiger partial charge in [0.25, 0.3) is 5.97 Å². The number of ether oxygens (including phenoxy) is 4. The van der Waals surface area contributed by atoms with E-state index >= 15 is 0 Å². The van der Waals surface area contributed by atoms with Crippen LogP contribution < -0.4 is 15.1 Å². The van der Waals surface area contributed by atoms with Crippen LogP contribution in [0.5, 0.6) is 0 Å². The fourth-order valence-corrected chi connectivity index (χ4v) is 10.6. The molecule has 78 heavy (non-hydrogen) atoms. The Morgan fingerprint density at radius 1 is 0.718 bits per heavy atom. The van der Waals surface area contributed by atoms with E-state index < -0.39 is 148 Å². The number of carboxylic acids is 1. The number of aliphatic carboxylic acids is 1. The molecule has 0 saturated carbocycles. The smallest absolute Gasteiger partial charge is 0.400 e. The van der Waals surface area contributed by atoms with E-state index in [1.54, 1.807) is 24.3 Å². The van der Waals surface area contributed by atoms with E-state index in [9.17, 15) is 55.9 Å². The van der Waals surface area contributed by atoms with Crippen molar-refractivity contribution in [2.24, 2.45) is 0 Å². The van der Waals surface area contributed by atoms with Crippen LogP contribution in [0.4, 0.5) is 0 Å². The Kier molecular flexibility index (Phi) is 27.0. The van der Waals surface area contributed by atoms with Gasteiger partial charge in [-0.25, -0.2) is 16.7 Å². The molecule has 0 spiro atoms. The maximum atomic E-state index is 11.2. The summed E-state index contributed by atoms with van der Waals surface area (Å²) in [5, 5.41) is 113. The van der Waals surface area contributed by atoms with Gasteiger partial charge in [-0.05, 0) is 0 Å². The molecule has 0 aromatic heterocycles. The lowest BCUT2D eigenvalue weighted by molar-refractivity contribution is -0.919. The van der Waals surface area contributed by atoms with Crippen LogP contribution in [-0.2, 0) is 71.7 Å². The molecule has 35 heteroatoms. The van der Waals surface area contributed by atoms with Crippen LogP contribution in [0.25, 0.3) is 0 Å². The third-order valence-electron chi connectivity index (χ3n) is 12.6. The van der Waals surface area contributed by atoms with E-state index in [1.807, 2.05) is 36.4 Å². The van der Waals surface area contributed by atoms with Crippen LogP contribution in [-0.4, -0.2) is 272 Å². The molecule has 6 aliphatic heterocycles. The van der Waals surface area contributed by atoms with Gasteiger partial charge in [-0.15, -0.1) is 0 Å². The first-order valence-corrected chi connectivity index (χ1v) is 28.0. The number of aliphatic hydroxyl groups excluding tert-OH is 11. The van der Waals surface area contributed by atoms with E-state index in [0.29, 0.717) is 16.3 Å². The SMILES string of the molecule is CC(=O)O.O=S(=O)(O)O[C@@H]1COC(c2ccccc2)O[C@H]1C[NH+]1C[C@H](O)[C@@H](O)[C@@H]1CO.O=S(=O)(O)O[C@H](CO)[C@@H](O)C[NH+]1C[C@H](O)[C@@H](O)[C@@H]1CO.O=S1(=O)OC[C@@H]2OC(c3ccccc3)OCC2O1.OC[C@@H]1NC[C@H](O)[C@H]1O. The molecule has 8 rings (SSSR count). The molecule has 6 saturated heterocycles. The molecular weight excluding hydrogens is 1120 g/mol. The van der Waals surface area contributed by atoms with Crippen molar-refractivity contribution in [3.63, 3.8) is 0 Å². The van der Waals surface area contributed by atoms with Crippen LogP contribution in [0.2, 0.25) is 0 Å². The number of β-amino-alcohol motifs (C(OH)–C–C–N with tert-alkyl or cyclic N) is 1. The standard InChI is InChI=1S/C16H23NO9S.C11H12O6S.C9H19NO9S.C5H11NO3.C2H4O2/c18-8-11-15(20)12(19)6-17(11)7-13-14(26-27(21,22)23)9-24-16(25-13)10-4-2-1-3-5-10;12-18(13)15-7-9-10(17-18)6-14-11(16-9)8-4-2-1-3-5-8;11-3-5-9(15)7(14)2-10(5)1-6(13)8(4-12)19-20(16,17)18;7-2-3-5(9)4(8)1-6-3;1-2(3)4/h1-5,11-16,18-20H,6-9H2,(H,21,22,23);1-5,9-11H,6-7H2;5-9,11-15H,1-4H2,(H,16,17,18);3-9H,1-2H2;1H3,(H,3,4)/p+2/t11-,12-,13-,14+,15-,16?;9-,10?,11?;5-,6-,7-,8+,9-;3-,4-,5-;/m0000./s1. The summed E-state index contributed by atoms with van der Waals surface area (Å²) in [5.41, 5.74) is 1.60. The van der Waals surface area contributed by atoms with Gasteiger partial charge in [0.05, 0.1) is 64.5 Å². The molecule has 448 valence electrons. The van der Waals surface area contributed by atoms with Gasteiger partial charge in [-0.1, -0.05) is 60.7 Å². The highest BCUT2D eigenvalue weighted by molar-refractivity contribution is 7.82. The van der Waals surface area contributed by atoms with Gasteiger partial charge in [0.15, 0.2) is 12.6 Å². The van der Waals surface area contributed by atoms with E-state index in [1.165, 1.54) is 0 Å². The van der Waals surface area contributed by atoms with Crippen LogP contribution >= 0.6 is 0 Å². The molecule has 19 atom stereocenters. The lowest BCUT2D eigenvalue weighted by Gasteiger charge is -2.37. The molecule has 0 bridgehead atoms. The maximum absolute atomic E-state index is 11.2. The van der Waals surface area contributed by atoms with E-state index in [-0.39, 0.29) is 65.3 Å². The molecule has 6 aliphatic rings. The largest absolute Gasteiger partial charge is 0.481 e. The number of hydrogen-bond donors (Lipinski definition) is 17. The average Bonchev–Trinajstić information content (AvgIpc) is 3.96. The first-order valence-electron chi connectivity index (χ1n) is 24.0. The second-order valence-electron chi connectivity index (χ2n) is 18.3.